The van der Waals surface area contributed by atoms with E-state index in [9.17, 15) is 9.50 Å². The van der Waals surface area contributed by atoms with E-state index < -0.39 is 5.60 Å². The molecule has 1 atom stereocenters. The fraction of sp³-hybridized carbons (Fsp3) is 0.500. The number of fused-ring (bicyclic) bond motifs is 1. The van der Waals surface area contributed by atoms with Crippen molar-refractivity contribution in [3.05, 3.63) is 29.6 Å². The molecule has 0 amide bonds. The van der Waals surface area contributed by atoms with Gasteiger partial charge in [-0.15, -0.1) is 0 Å². The van der Waals surface area contributed by atoms with Gasteiger partial charge in [-0.25, -0.2) is 4.39 Å². The van der Waals surface area contributed by atoms with Gasteiger partial charge in [-0.1, -0.05) is 0 Å². The van der Waals surface area contributed by atoms with Crippen LogP contribution in [0.5, 0.6) is 5.75 Å². The second kappa shape index (κ2) is 2.95. The molecule has 1 saturated carbocycles. The van der Waals surface area contributed by atoms with Crippen molar-refractivity contribution in [2.45, 2.75) is 37.4 Å². The van der Waals surface area contributed by atoms with Crippen LogP contribution in [0.2, 0.25) is 0 Å². The molecule has 1 heterocycles. The molecule has 0 bridgehead atoms. The summed E-state index contributed by atoms with van der Waals surface area (Å²) in [6.07, 6.45) is 3.13. The smallest absolute Gasteiger partial charge is 0.128 e. The molecule has 1 aromatic rings. The van der Waals surface area contributed by atoms with Gasteiger partial charge in [0.15, 0.2) is 0 Å². The molecular weight excluding hydrogens is 195 g/mol. The summed E-state index contributed by atoms with van der Waals surface area (Å²) >= 11 is 0. The molecule has 1 unspecified atom stereocenters. The first-order chi connectivity index (χ1) is 7.17. The Balaban J connectivity index is 1.87. The number of ether oxygens (including phenoxy) is 1. The van der Waals surface area contributed by atoms with Crippen molar-refractivity contribution in [1.82, 2.24) is 0 Å². The van der Waals surface area contributed by atoms with E-state index in [2.05, 4.69) is 0 Å². The number of aliphatic hydroxyl groups is 1. The molecule has 2 nitrogen and oxygen atoms in total. The molecule has 3 rings (SSSR count). The summed E-state index contributed by atoms with van der Waals surface area (Å²) in [6.45, 7) is 0. The van der Waals surface area contributed by atoms with Crippen LogP contribution in [0.25, 0.3) is 0 Å². The number of halogens is 1. The molecular formula is C12H13FO2. The third-order valence-corrected chi connectivity index (χ3v) is 3.33. The highest BCUT2D eigenvalue weighted by Gasteiger charge is 2.50. The Morgan fingerprint density at radius 3 is 2.93 bits per heavy atom. The Labute approximate surface area is 87.7 Å². The number of benzene rings is 1. The van der Waals surface area contributed by atoms with Crippen molar-refractivity contribution in [3.63, 3.8) is 0 Å². The van der Waals surface area contributed by atoms with Crippen LogP contribution in [0.1, 0.15) is 24.8 Å². The first kappa shape index (κ1) is 9.16. The van der Waals surface area contributed by atoms with Gasteiger partial charge in [0.25, 0.3) is 0 Å². The second-order valence-corrected chi connectivity index (χ2v) is 4.50. The standard InChI is InChI=1S/C12H13FO2/c13-9-2-3-10-8(7-9)1-4-11(15-10)12(14)5-6-12/h2-3,7,11,14H,1,4-6H2. The van der Waals surface area contributed by atoms with Crippen LogP contribution >= 0.6 is 0 Å². The van der Waals surface area contributed by atoms with Gasteiger partial charge in [0.2, 0.25) is 0 Å². The molecule has 15 heavy (non-hydrogen) atoms. The van der Waals surface area contributed by atoms with Gasteiger partial charge in [0.1, 0.15) is 23.3 Å². The number of rotatable bonds is 1. The highest BCUT2D eigenvalue weighted by Crippen LogP contribution is 2.44. The predicted octanol–water partition coefficient (Wildman–Crippen LogP) is 2.04. The Morgan fingerprint density at radius 1 is 1.40 bits per heavy atom. The quantitative estimate of drug-likeness (QED) is 0.765. The van der Waals surface area contributed by atoms with Crippen molar-refractivity contribution in [3.8, 4) is 5.75 Å². The van der Waals surface area contributed by atoms with Crippen molar-refractivity contribution >= 4 is 0 Å². The fourth-order valence-corrected chi connectivity index (χ4v) is 2.19. The maximum Gasteiger partial charge on any atom is 0.128 e. The summed E-state index contributed by atoms with van der Waals surface area (Å²) in [5, 5.41) is 9.93. The van der Waals surface area contributed by atoms with E-state index in [-0.39, 0.29) is 11.9 Å². The topological polar surface area (TPSA) is 29.5 Å². The van der Waals surface area contributed by atoms with E-state index in [1.165, 1.54) is 12.1 Å². The van der Waals surface area contributed by atoms with E-state index in [4.69, 9.17) is 4.74 Å². The first-order valence-electron chi connectivity index (χ1n) is 5.35. The fourth-order valence-electron chi connectivity index (χ4n) is 2.19. The van der Waals surface area contributed by atoms with Crippen molar-refractivity contribution in [2.24, 2.45) is 0 Å². The van der Waals surface area contributed by atoms with Crippen molar-refractivity contribution < 1.29 is 14.2 Å². The second-order valence-electron chi connectivity index (χ2n) is 4.50. The largest absolute Gasteiger partial charge is 0.487 e. The van der Waals surface area contributed by atoms with Crippen LogP contribution in [-0.4, -0.2) is 16.8 Å². The van der Waals surface area contributed by atoms with Crippen LogP contribution < -0.4 is 4.74 Å². The zero-order valence-corrected chi connectivity index (χ0v) is 8.37. The average molecular weight is 208 g/mol. The number of hydrogen-bond donors (Lipinski definition) is 1. The molecule has 1 N–H and O–H groups in total. The van der Waals surface area contributed by atoms with Gasteiger partial charge in [0, 0.05) is 0 Å². The van der Waals surface area contributed by atoms with E-state index in [0.717, 1.165) is 37.0 Å². The third-order valence-electron chi connectivity index (χ3n) is 3.33. The normalized spacial score (nSPS) is 26.7. The lowest BCUT2D eigenvalue weighted by Crippen LogP contribution is -2.36. The lowest BCUT2D eigenvalue weighted by atomic mass is 9.98. The molecule has 3 heteroatoms. The Hall–Kier alpha value is -1.09. The van der Waals surface area contributed by atoms with Crippen molar-refractivity contribution in [1.29, 1.82) is 0 Å². The maximum atomic E-state index is 12.9. The summed E-state index contributed by atoms with van der Waals surface area (Å²) in [5.74, 6) is 0.508. The third kappa shape index (κ3) is 1.51. The van der Waals surface area contributed by atoms with Crippen LogP contribution in [0.3, 0.4) is 0 Å². The first-order valence-corrected chi connectivity index (χ1v) is 5.35. The SMILES string of the molecule is OC1(C2CCc3cc(F)ccc3O2)CC1. The van der Waals surface area contributed by atoms with Crippen LogP contribution in [-0.2, 0) is 6.42 Å². The zero-order chi connectivity index (χ0) is 10.5. The van der Waals surface area contributed by atoms with E-state index >= 15 is 0 Å². The summed E-state index contributed by atoms with van der Waals surface area (Å²) in [4.78, 5) is 0. The minimum absolute atomic E-state index is 0.101. The van der Waals surface area contributed by atoms with Crippen LogP contribution in [0, 0.1) is 5.82 Å². The monoisotopic (exact) mass is 208 g/mol. The highest BCUT2D eigenvalue weighted by atomic mass is 19.1. The Bertz CT molecular complexity index is 399. The minimum atomic E-state index is -0.605. The summed E-state index contributed by atoms with van der Waals surface area (Å²) in [5.41, 5.74) is 0.307. The molecule has 0 radical (unpaired) electrons. The number of hydrogen-bond acceptors (Lipinski definition) is 2. The van der Waals surface area contributed by atoms with E-state index in [1.54, 1.807) is 6.07 Å². The maximum absolute atomic E-state index is 12.9. The summed E-state index contributed by atoms with van der Waals surface area (Å²) in [6, 6.07) is 4.57. The van der Waals surface area contributed by atoms with Crippen molar-refractivity contribution in [2.75, 3.05) is 0 Å². The zero-order valence-electron chi connectivity index (χ0n) is 8.37. The van der Waals surface area contributed by atoms with Gasteiger partial charge in [-0.3, -0.25) is 0 Å². The molecule has 0 saturated heterocycles. The molecule has 80 valence electrons. The van der Waals surface area contributed by atoms with Crippen LogP contribution in [0.15, 0.2) is 18.2 Å². The molecule has 1 fully saturated rings. The molecule has 0 aromatic heterocycles. The molecule has 1 aliphatic heterocycles. The van der Waals surface area contributed by atoms with Gasteiger partial charge in [0.05, 0.1) is 0 Å². The predicted molar refractivity (Wildman–Crippen MR) is 53.3 cm³/mol. The molecule has 1 aliphatic carbocycles. The minimum Gasteiger partial charge on any atom is -0.487 e. The highest BCUT2D eigenvalue weighted by molar-refractivity contribution is 5.36. The van der Waals surface area contributed by atoms with Gasteiger partial charge < -0.3 is 9.84 Å². The summed E-state index contributed by atoms with van der Waals surface area (Å²) < 4.78 is 18.6. The lowest BCUT2D eigenvalue weighted by molar-refractivity contribution is 0.00445. The van der Waals surface area contributed by atoms with Gasteiger partial charge in [-0.05, 0) is 49.4 Å². The lowest BCUT2D eigenvalue weighted by Gasteiger charge is -2.29. The average Bonchev–Trinajstić information content (AvgIpc) is 2.97. The molecule has 1 aromatic carbocycles. The van der Waals surface area contributed by atoms with Crippen LogP contribution in [0.4, 0.5) is 4.39 Å². The van der Waals surface area contributed by atoms with E-state index in [1.807, 2.05) is 0 Å². The Morgan fingerprint density at radius 2 is 2.20 bits per heavy atom. The number of aryl methyl sites for hydroxylation is 1. The van der Waals surface area contributed by atoms with E-state index in [0.29, 0.717) is 0 Å². The Kier molecular flexibility index (Phi) is 1.80. The molecule has 2 aliphatic rings. The molecule has 0 spiro atoms. The summed E-state index contributed by atoms with van der Waals surface area (Å²) in [7, 11) is 0. The van der Waals surface area contributed by atoms with Gasteiger partial charge in [-0.2, -0.15) is 0 Å². The van der Waals surface area contributed by atoms with Gasteiger partial charge >= 0.3 is 0 Å².